The second kappa shape index (κ2) is 6.31. The van der Waals surface area contributed by atoms with E-state index >= 15 is 0 Å². The minimum absolute atomic E-state index is 0.0556. The van der Waals surface area contributed by atoms with E-state index in [4.69, 9.17) is 0 Å². The third-order valence-electron chi connectivity index (χ3n) is 3.51. The first-order valence-corrected chi connectivity index (χ1v) is 7.17. The van der Waals surface area contributed by atoms with E-state index in [1.807, 2.05) is 30.3 Å². The van der Waals surface area contributed by atoms with Crippen molar-refractivity contribution in [2.45, 2.75) is 13.3 Å². The van der Waals surface area contributed by atoms with Crippen LogP contribution >= 0.6 is 0 Å². The highest BCUT2D eigenvalue weighted by Crippen LogP contribution is 2.22. The molecule has 3 nitrogen and oxygen atoms in total. The smallest absolute Gasteiger partial charge is 0.159 e. The number of carbonyl (C=O) groups is 1. The zero-order valence-electron chi connectivity index (χ0n) is 12.4. The largest absolute Gasteiger partial charge is 0.295 e. The summed E-state index contributed by atoms with van der Waals surface area (Å²) in [5.41, 5.74) is 4.72. The lowest BCUT2D eigenvalue weighted by molar-refractivity contribution is 0.101. The number of hydrogen-bond acceptors (Lipinski definition) is 3. The summed E-state index contributed by atoms with van der Waals surface area (Å²) in [6.07, 6.45) is 5.80. The highest BCUT2D eigenvalue weighted by Gasteiger charge is 2.08. The van der Waals surface area contributed by atoms with Gasteiger partial charge in [0.05, 0.1) is 11.9 Å². The molecule has 108 valence electrons. The van der Waals surface area contributed by atoms with Crippen LogP contribution in [0.4, 0.5) is 0 Å². The van der Waals surface area contributed by atoms with Crippen LogP contribution in [0.5, 0.6) is 0 Å². The average molecular weight is 288 g/mol. The van der Waals surface area contributed by atoms with Gasteiger partial charge in [0.15, 0.2) is 5.78 Å². The molecule has 1 heterocycles. The summed E-state index contributed by atoms with van der Waals surface area (Å²) in [5, 5.41) is 0. The highest BCUT2D eigenvalue weighted by atomic mass is 16.1. The normalized spacial score (nSPS) is 10.4. The van der Waals surface area contributed by atoms with Gasteiger partial charge >= 0.3 is 0 Å². The van der Waals surface area contributed by atoms with Gasteiger partial charge in [-0.15, -0.1) is 0 Å². The lowest BCUT2D eigenvalue weighted by Gasteiger charge is -2.08. The maximum atomic E-state index is 11.8. The van der Waals surface area contributed by atoms with E-state index in [2.05, 4.69) is 28.2 Å². The molecule has 3 aromatic rings. The monoisotopic (exact) mass is 288 g/mol. The van der Waals surface area contributed by atoms with Crippen LogP contribution in [0.1, 0.15) is 28.4 Å². The van der Waals surface area contributed by atoms with Crippen LogP contribution < -0.4 is 0 Å². The van der Waals surface area contributed by atoms with Crippen molar-refractivity contribution in [2.24, 2.45) is 0 Å². The molecular formula is C19H16N2O. The summed E-state index contributed by atoms with van der Waals surface area (Å²) >= 11 is 0. The molecule has 0 spiro atoms. The zero-order valence-corrected chi connectivity index (χ0v) is 12.4. The van der Waals surface area contributed by atoms with Gasteiger partial charge < -0.3 is 0 Å². The number of nitrogens with zero attached hydrogens (tertiary/aromatic N) is 2. The molecule has 3 heteroatoms. The van der Waals surface area contributed by atoms with Crippen LogP contribution in [0.15, 0.2) is 67.1 Å². The summed E-state index contributed by atoms with van der Waals surface area (Å²) in [5.74, 6) is 0.0556. The van der Waals surface area contributed by atoms with Gasteiger partial charge in [-0.2, -0.15) is 0 Å². The predicted molar refractivity (Wildman–Crippen MR) is 86.7 cm³/mol. The Bertz CT molecular complexity index is 783. The van der Waals surface area contributed by atoms with E-state index in [0.717, 1.165) is 23.2 Å². The van der Waals surface area contributed by atoms with Crippen molar-refractivity contribution in [2.75, 3.05) is 0 Å². The van der Waals surface area contributed by atoms with Crippen molar-refractivity contribution in [3.05, 3.63) is 83.8 Å². The summed E-state index contributed by atoms with van der Waals surface area (Å²) in [7, 11) is 0. The van der Waals surface area contributed by atoms with Crippen LogP contribution in [0.3, 0.4) is 0 Å². The Balaban J connectivity index is 2.03. The number of carbonyl (C=O) groups excluding carboxylic acids is 1. The summed E-state index contributed by atoms with van der Waals surface area (Å²) in [4.78, 5) is 20.2. The number of Topliss-reactive ketones (excluding diaryl/α,β-unsaturated/α-hetero) is 1. The Morgan fingerprint density at radius 2 is 1.82 bits per heavy atom. The molecule has 0 aliphatic heterocycles. The third-order valence-corrected chi connectivity index (χ3v) is 3.51. The topological polar surface area (TPSA) is 42.9 Å². The van der Waals surface area contributed by atoms with Gasteiger partial charge in [-0.05, 0) is 42.7 Å². The maximum Gasteiger partial charge on any atom is 0.159 e. The van der Waals surface area contributed by atoms with Crippen molar-refractivity contribution in [1.29, 1.82) is 0 Å². The fraction of sp³-hybridized carbons (Fsp3) is 0.105. The summed E-state index contributed by atoms with van der Waals surface area (Å²) in [6.45, 7) is 1.59. The molecule has 0 unspecified atom stereocenters. The molecule has 0 saturated heterocycles. The Kier molecular flexibility index (Phi) is 4.05. The molecule has 0 bridgehead atoms. The molecule has 1 aromatic heterocycles. The van der Waals surface area contributed by atoms with Crippen molar-refractivity contribution >= 4 is 5.78 Å². The molecule has 0 radical (unpaired) electrons. The first-order valence-electron chi connectivity index (χ1n) is 7.17. The molecule has 0 aliphatic carbocycles. The predicted octanol–water partition coefficient (Wildman–Crippen LogP) is 3.94. The molecule has 0 aliphatic rings. The fourth-order valence-corrected chi connectivity index (χ4v) is 2.42. The van der Waals surface area contributed by atoms with Crippen molar-refractivity contribution in [1.82, 2.24) is 9.97 Å². The standard InChI is InChI=1S/C19H16N2O/c1-14(22)17-10-16(9-15-5-3-2-4-6-15)11-18(12-17)19-13-20-7-8-21-19/h2-8,10-13H,9H2,1H3. The number of ketones is 1. The van der Waals surface area contributed by atoms with Gasteiger partial charge in [-0.3, -0.25) is 14.8 Å². The van der Waals surface area contributed by atoms with E-state index in [9.17, 15) is 4.79 Å². The molecule has 0 amide bonds. The Hall–Kier alpha value is -2.81. The van der Waals surface area contributed by atoms with E-state index in [0.29, 0.717) is 5.56 Å². The number of rotatable bonds is 4. The average Bonchev–Trinajstić information content (AvgIpc) is 2.56. The Morgan fingerprint density at radius 3 is 2.50 bits per heavy atom. The SMILES string of the molecule is CC(=O)c1cc(Cc2ccccc2)cc(-c2cnccn2)c1. The van der Waals surface area contributed by atoms with Gasteiger partial charge in [0.25, 0.3) is 0 Å². The van der Waals surface area contributed by atoms with E-state index < -0.39 is 0 Å². The molecule has 2 aromatic carbocycles. The van der Waals surface area contributed by atoms with Gasteiger partial charge in [0.1, 0.15) is 0 Å². The van der Waals surface area contributed by atoms with Crippen LogP contribution in [-0.2, 0) is 6.42 Å². The minimum Gasteiger partial charge on any atom is -0.295 e. The Labute approximate surface area is 129 Å². The third kappa shape index (κ3) is 3.26. The number of hydrogen-bond donors (Lipinski definition) is 0. The highest BCUT2D eigenvalue weighted by molar-refractivity contribution is 5.95. The van der Waals surface area contributed by atoms with Crippen LogP contribution in [-0.4, -0.2) is 15.8 Å². The summed E-state index contributed by atoms with van der Waals surface area (Å²) < 4.78 is 0. The van der Waals surface area contributed by atoms with Crippen molar-refractivity contribution in [3.8, 4) is 11.3 Å². The molecule has 0 fully saturated rings. The molecular weight excluding hydrogens is 272 g/mol. The zero-order chi connectivity index (χ0) is 15.4. The second-order valence-electron chi connectivity index (χ2n) is 5.23. The maximum absolute atomic E-state index is 11.8. The molecule has 0 atom stereocenters. The van der Waals surface area contributed by atoms with E-state index in [1.54, 1.807) is 25.5 Å². The van der Waals surface area contributed by atoms with Crippen LogP contribution in [0.2, 0.25) is 0 Å². The van der Waals surface area contributed by atoms with Crippen LogP contribution in [0.25, 0.3) is 11.3 Å². The van der Waals surface area contributed by atoms with Gasteiger partial charge in [0, 0.05) is 23.5 Å². The molecule has 0 saturated carbocycles. The van der Waals surface area contributed by atoms with E-state index in [-0.39, 0.29) is 5.78 Å². The van der Waals surface area contributed by atoms with Gasteiger partial charge in [-0.25, -0.2) is 0 Å². The number of benzene rings is 2. The molecule has 22 heavy (non-hydrogen) atoms. The van der Waals surface area contributed by atoms with Gasteiger partial charge in [0.2, 0.25) is 0 Å². The fourth-order valence-electron chi connectivity index (χ4n) is 2.42. The van der Waals surface area contributed by atoms with Gasteiger partial charge in [-0.1, -0.05) is 30.3 Å². The lowest BCUT2D eigenvalue weighted by Crippen LogP contribution is -1.98. The van der Waals surface area contributed by atoms with Crippen molar-refractivity contribution < 1.29 is 4.79 Å². The molecule has 3 rings (SSSR count). The Morgan fingerprint density at radius 1 is 1.00 bits per heavy atom. The van der Waals surface area contributed by atoms with Crippen LogP contribution in [0, 0.1) is 0 Å². The summed E-state index contributed by atoms with van der Waals surface area (Å²) in [6, 6.07) is 16.1. The first-order chi connectivity index (χ1) is 10.7. The number of aromatic nitrogens is 2. The first kappa shape index (κ1) is 14.1. The minimum atomic E-state index is 0.0556. The quantitative estimate of drug-likeness (QED) is 0.683. The lowest BCUT2D eigenvalue weighted by atomic mass is 9.97. The van der Waals surface area contributed by atoms with Crippen molar-refractivity contribution in [3.63, 3.8) is 0 Å². The van der Waals surface area contributed by atoms with E-state index in [1.165, 1.54) is 5.56 Å². The molecule has 0 N–H and O–H groups in total. The second-order valence-corrected chi connectivity index (χ2v) is 5.23.